The van der Waals surface area contributed by atoms with Crippen LogP contribution < -0.4 is 19.5 Å². The van der Waals surface area contributed by atoms with Gasteiger partial charge in [-0.3, -0.25) is 0 Å². The first kappa shape index (κ1) is 23.8. The Morgan fingerprint density at radius 2 is 1.75 bits per heavy atom. The summed E-state index contributed by atoms with van der Waals surface area (Å²) in [4.78, 5) is 0. The van der Waals surface area contributed by atoms with Gasteiger partial charge in [0.25, 0.3) is 0 Å². The van der Waals surface area contributed by atoms with Gasteiger partial charge in [0.05, 0.1) is 13.7 Å². The van der Waals surface area contributed by atoms with Gasteiger partial charge >= 0.3 is 0 Å². The van der Waals surface area contributed by atoms with Crippen molar-refractivity contribution in [1.82, 2.24) is 0 Å². The van der Waals surface area contributed by atoms with Gasteiger partial charge in [0.1, 0.15) is 12.4 Å². The minimum atomic E-state index is 0.309. The lowest BCUT2D eigenvalue weighted by molar-refractivity contribution is 0.267. The Balaban J connectivity index is 1.82. The molecule has 0 bridgehead atoms. The first-order valence-corrected chi connectivity index (χ1v) is 11.1. The maximum Gasteiger partial charge on any atom is 0.165 e. The Hall–Kier alpha value is -2.82. The number of rotatable bonds is 11. The van der Waals surface area contributed by atoms with Crippen molar-refractivity contribution in [3.05, 3.63) is 94.0 Å². The Kier molecular flexibility index (Phi) is 8.72. The second kappa shape index (κ2) is 11.7. The summed E-state index contributed by atoms with van der Waals surface area (Å²) in [7, 11) is 1.66. The van der Waals surface area contributed by atoms with Crippen molar-refractivity contribution in [3.8, 4) is 17.2 Å². The van der Waals surface area contributed by atoms with E-state index in [1.54, 1.807) is 19.2 Å². The quantitative estimate of drug-likeness (QED) is 0.297. The second-order valence-electron chi connectivity index (χ2n) is 7.11. The molecule has 3 aromatic rings. The van der Waals surface area contributed by atoms with Gasteiger partial charge in [0.15, 0.2) is 11.5 Å². The van der Waals surface area contributed by atoms with Crippen LogP contribution in [0.25, 0.3) is 0 Å². The molecule has 0 aliphatic heterocycles. The van der Waals surface area contributed by atoms with Crippen LogP contribution in [0.5, 0.6) is 17.2 Å². The van der Waals surface area contributed by atoms with Crippen molar-refractivity contribution in [2.45, 2.75) is 26.5 Å². The van der Waals surface area contributed by atoms with E-state index < -0.39 is 0 Å². The molecule has 3 rings (SSSR count). The summed E-state index contributed by atoms with van der Waals surface area (Å²) in [6.07, 6.45) is 2.51. The molecule has 0 unspecified atom stereocenters. The molecule has 0 amide bonds. The lowest BCUT2D eigenvalue weighted by Gasteiger charge is -2.18. The molecule has 0 aromatic heterocycles. The van der Waals surface area contributed by atoms with Crippen molar-refractivity contribution in [2.24, 2.45) is 0 Å². The summed E-state index contributed by atoms with van der Waals surface area (Å²) in [6.45, 7) is 7.33. The van der Waals surface area contributed by atoms with Gasteiger partial charge in [0.2, 0.25) is 0 Å². The van der Waals surface area contributed by atoms with Crippen LogP contribution in [-0.4, -0.2) is 13.7 Å². The summed E-state index contributed by atoms with van der Waals surface area (Å²) in [6, 6.07) is 17.3. The Bertz CT molecular complexity index is 1050. The molecule has 1 N–H and O–H groups in total. The molecule has 0 fully saturated rings. The van der Waals surface area contributed by atoms with Gasteiger partial charge in [-0.2, -0.15) is 0 Å². The maximum absolute atomic E-state index is 6.31. The Morgan fingerprint density at radius 3 is 2.41 bits per heavy atom. The van der Waals surface area contributed by atoms with Crippen molar-refractivity contribution in [2.75, 3.05) is 19.0 Å². The second-order valence-corrected chi connectivity index (χ2v) is 7.96. The third-order valence-corrected chi connectivity index (χ3v) is 5.42. The smallest absolute Gasteiger partial charge is 0.165 e. The Labute approximate surface area is 199 Å². The fourth-order valence-electron chi connectivity index (χ4n) is 3.26. The van der Waals surface area contributed by atoms with Gasteiger partial charge in [-0.1, -0.05) is 35.3 Å². The van der Waals surface area contributed by atoms with Crippen LogP contribution in [0, 0.1) is 0 Å². The van der Waals surface area contributed by atoms with Gasteiger partial charge in [0, 0.05) is 33.4 Å². The lowest BCUT2D eigenvalue weighted by Crippen LogP contribution is -2.06. The van der Waals surface area contributed by atoms with E-state index >= 15 is 0 Å². The van der Waals surface area contributed by atoms with E-state index in [0.29, 0.717) is 47.7 Å². The zero-order valence-corrected chi connectivity index (χ0v) is 19.8. The van der Waals surface area contributed by atoms with Crippen molar-refractivity contribution in [3.63, 3.8) is 0 Å². The summed E-state index contributed by atoms with van der Waals surface area (Å²) in [5.74, 6) is 2.22. The van der Waals surface area contributed by atoms with Gasteiger partial charge < -0.3 is 19.5 Å². The standard InChI is InChI=1S/C26H27Cl2NO3/c1-4-6-19-13-18(16-29-22-9-11-23(30-3)12-10-22)14-25(31-5-2)26(19)32-17-20-7-8-21(27)15-24(20)28/h4,7-15,29H,1,5-6,16-17H2,2-3H3. The molecule has 32 heavy (non-hydrogen) atoms. The molecule has 0 aliphatic carbocycles. The zero-order valence-electron chi connectivity index (χ0n) is 18.3. The molecule has 0 radical (unpaired) electrons. The average Bonchev–Trinajstić information content (AvgIpc) is 2.79. The molecule has 0 saturated carbocycles. The van der Waals surface area contributed by atoms with E-state index in [9.17, 15) is 0 Å². The molecule has 3 aromatic carbocycles. The van der Waals surface area contributed by atoms with Gasteiger partial charge in [-0.05, 0) is 67.4 Å². The van der Waals surface area contributed by atoms with Crippen LogP contribution in [0.3, 0.4) is 0 Å². The normalized spacial score (nSPS) is 10.5. The number of halogens is 2. The van der Waals surface area contributed by atoms with Gasteiger partial charge in [-0.15, -0.1) is 6.58 Å². The highest BCUT2D eigenvalue weighted by Gasteiger charge is 2.14. The molecule has 168 valence electrons. The average molecular weight is 472 g/mol. The van der Waals surface area contributed by atoms with E-state index in [1.165, 1.54) is 0 Å². The maximum atomic E-state index is 6.31. The minimum absolute atomic E-state index is 0.309. The SMILES string of the molecule is C=CCc1cc(CNc2ccc(OC)cc2)cc(OCC)c1OCc1ccc(Cl)cc1Cl. The molecule has 0 atom stereocenters. The monoisotopic (exact) mass is 471 g/mol. The molecule has 6 heteroatoms. The molecule has 0 aliphatic rings. The third-order valence-electron chi connectivity index (χ3n) is 4.83. The van der Waals surface area contributed by atoms with E-state index in [0.717, 1.165) is 28.1 Å². The number of hydrogen-bond acceptors (Lipinski definition) is 4. The molecule has 0 spiro atoms. The van der Waals surface area contributed by atoms with Crippen LogP contribution >= 0.6 is 23.2 Å². The lowest BCUT2D eigenvalue weighted by atomic mass is 10.0. The first-order valence-electron chi connectivity index (χ1n) is 10.4. The first-order chi connectivity index (χ1) is 15.5. The van der Waals surface area contributed by atoms with E-state index in [2.05, 4.69) is 18.0 Å². The van der Waals surface area contributed by atoms with Crippen molar-refractivity contribution in [1.29, 1.82) is 0 Å². The Morgan fingerprint density at radius 1 is 0.969 bits per heavy atom. The summed E-state index contributed by atoms with van der Waals surface area (Å²) >= 11 is 12.3. The predicted octanol–water partition coefficient (Wildman–Crippen LogP) is 7.32. The number of hydrogen-bond donors (Lipinski definition) is 1. The van der Waals surface area contributed by atoms with E-state index in [-0.39, 0.29) is 0 Å². The molecular weight excluding hydrogens is 445 g/mol. The van der Waals surface area contributed by atoms with Crippen LogP contribution in [0.15, 0.2) is 67.3 Å². The number of ether oxygens (including phenoxy) is 3. The highest BCUT2D eigenvalue weighted by molar-refractivity contribution is 6.35. The summed E-state index contributed by atoms with van der Waals surface area (Å²) in [5.41, 5.74) is 3.95. The summed E-state index contributed by atoms with van der Waals surface area (Å²) in [5, 5.41) is 4.60. The number of benzene rings is 3. The van der Waals surface area contributed by atoms with Crippen molar-refractivity contribution >= 4 is 28.9 Å². The van der Waals surface area contributed by atoms with E-state index in [4.69, 9.17) is 37.4 Å². The molecular formula is C26H27Cl2NO3. The van der Waals surface area contributed by atoms with Crippen LogP contribution in [0.4, 0.5) is 5.69 Å². The third kappa shape index (κ3) is 6.35. The highest BCUT2D eigenvalue weighted by atomic mass is 35.5. The zero-order chi connectivity index (χ0) is 22.9. The number of nitrogens with one attached hydrogen (secondary N) is 1. The minimum Gasteiger partial charge on any atom is -0.497 e. The fraction of sp³-hybridized carbons (Fsp3) is 0.231. The topological polar surface area (TPSA) is 39.7 Å². The molecule has 0 saturated heterocycles. The van der Waals surface area contributed by atoms with E-state index in [1.807, 2.05) is 49.4 Å². The van der Waals surface area contributed by atoms with Gasteiger partial charge in [-0.25, -0.2) is 0 Å². The number of methoxy groups -OCH3 is 1. The highest BCUT2D eigenvalue weighted by Crippen LogP contribution is 2.35. The molecule has 4 nitrogen and oxygen atoms in total. The number of anilines is 1. The van der Waals surface area contributed by atoms with Crippen molar-refractivity contribution < 1.29 is 14.2 Å². The largest absolute Gasteiger partial charge is 0.497 e. The van der Waals surface area contributed by atoms with Crippen LogP contribution in [0.2, 0.25) is 10.0 Å². The molecule has 0 heterocycles. The van der Waals surface area contributed by atoms with Crippen LogP contribution in [-0.2, 0) is 19.6 Å². The summed E-state index contributed by atoms with van der Waals surface area (Å²) < 4.78 is 17.3. The number of allylic oxidation sites excluding steroid dienone is 1. The fourth-order valence-corrected chi connectivity index (χ4v) is 3.72. The predicted molar refractivity (Wildman–Crippen MR) is 133 cm³/mol. The van der Waals surface area contributed by atoms with Crippen LogP contribution in [0.1, 0.15) is 23.6 Å².